The van der Waals surface area contributed by atoms with E-state index in [0.717, 1.165) is 27.9 Å². The number of aromatic nitrogens is 3. The Bertz CT molecular complexity index is 1250. The number of amides is 1. The van der Waals surface area contributed by atoms with Gasteiger partial charge in [0.2, 0.25) is 5.82 Å². The van der Waals surface area contributed by atoms with Gasteiger partial charge in [-0.2, -0.15) is 0 Å². The first-order chi connectivity index (χ1) is 14.4. The number of hydrogen-bond donors (Lipinski definition) is 1. The first-order valence-corrected chi connectivity index (χ1v) is 9.98. The number of halogens is 1. The molecule has 150 valence electrons. The van der Waals surface area contributed by atoms with Crippen LogP contribution in [0.3, 0.4) is 0 Å². The molecular weight excluding hydrogens is 396 g/mol. The molecule has 5 nitrogen and oxygen atoms in total. The monoisotopic (exact) mass is 416 g/mol. The van der Waals surface area contributed by atoms with Gasteiger partial charge in [0.25, 0.3) is 5.91 Å². The summed E-state index contributed by atoms with van der Waals surface area (Å²) in [6, 6.07) is 21.1. The molecule has 4 rings (SSSR count). The zero-order valence-electron chi connectivity index (χ0n) is 17.0. The number of aryl methyl sites for hydroxylation is 2. The second kappa shape index (κ2) is 8.13. The van der Waals surface area contributed by atoms with Gasteiger partial charge in [-0.05, 0) is 56.2 Å². The molecule has 0 saturated heterocycles. The lowest BCUT2D eigenvalue weighted by molar-refractivity contribution is 0.101. The van der Waals surface area contributed by atoms with Crippen molar-refractivity contribution in [1.82, 2.24) is 14.8 Å². The molecule has 0 fully saturated rings. The smallest absolute Gasteiger partial charge is 0.295 e. The molecule has 4 aromatic rings. The van der Waals surface area contributed by atoms with Crippen LogP contribution in [0, 0.1) is 20.8 Å². The normalized spacial score (nSPS) is 10.8. The highest BCUT2D eigenvalue weighted by molar-refractivity contribution is 6.33. The highest BCUT2D eigenvalue weighted by Crippen LogP contribution is 2.26. The third kappa shape index (κ3) is 3.84. The number of para-hydroxylation sites is 1. The summed E-state index contributed by atoms with van der Waals surface area (Å²) in [5.41, 5.74) is 5.61. The van der Waals surface area contributed by atoms with Gasteiger partial charge in [0.05, 0.1) is 16.4 Å². The Balaban J connectivity index is 1.83. The number of nitrogens with one attached hydrogen (secondary N) is 1. The lowest BCUT2D eigenvalue weighted by atomic mass is 10.1. The summed E-state index contributed by atoms with van der Waals surface area (Å²) >= 11 is 6.18. The highest BCUT2D eigenvalue weighted by atomic mass is 35.5. The molecule has 1 aromatic heterocycles. The zero-order chi connectivity index (χ0) is 21.3. The van der Waals surface area contributed by atoms with Crippen LogP contribution in [-0.4, -0.2) is 20.7 Å². The van der Waals surface area contributed by atoms with Gasteiger partial charge in [-0.3, -0.25) is 4.79 Å². The molecule has 0 bridgehead atoms. The first kappa shape index (κ1) is 19.9. The fourth-order valence-electron chi connectivity index (χ4n) is 3.25. The Hall–Kier alpha value is -3.44. The molecule has 0 radical (unpaired) electrons. The van der Waals surface area contributed by atoms with Gasteiger partial charge in [-0.1, -0.05) is 59.6 Å². The van der Waals surface area contributed by atoms with Crippen LogP contribution >= 0.6 is 11.6 Å². The standard InChI is InChI=1S/C24H21ClN4O/c1-15-8-6-10-18(14-15)23-27-22(24(30)26-20-12-5-4-11-19(20)25)28-29(23)21-13-7-9-16(2)17(21)3/h4-14H,1-3H3,(H,26,30). The number of rotatable bonds is 4. The molecule has 0 unspecified atom stereocenters. The van der Waals surface area contributed by atoms with Gasteiger partial charge in [0.1, 0.15) is 0 Å². The van der Waals surface area contributed by atoms with Crippen molar-refractivity contribution in [2.45, 2.75) is 20.8 Å². The molecule has 0 atom stereocenters. The number of carbonyl (C=O) groups excluding carboxylic acids is 1. The third-order valence-corrected chi connectivity index (χ3v) is 5.34. The molecular formula is C24H21ClN4O. The first-order valence-electron chi connectivity index (χ1n) is 9.60. The molecule has 0 saturated carbocycles. The second-order valence-corrected chi connectivity index (χ2v) is 7.60. The maximum Gasteiger partial charge on any atom is 0.295 e. The van der Waals surface area contributed by atoms with Gasteiger partial charge in [-0.15, -0.1) is 5.10 Å². The predicted molar refractivity (Wildman–Crippen MR) is 120 cm³/mol. The molecule has 1 heterocycles. The van der Waals surface area contributed by atoms with Crippen molar-refractivity contribution in [3.63, 3.8) is 0 Å². The van der Waals surface area contributed by atoms with E-state index >= 15 is 0 Å². The van der Waals surface area contributed by atoms with Crippen LogP contribution in [0.15, 0.2) is 66.7 Å². The largest absolute Gasteiger partial charge is 0.318 e. The average molecular weight is 417 g/mol. The molecule has 0 spiro atoms. The minimum absolute atomic E-state index is 0.0762. The van der Waals surface area contributed by atoms with Gasteiger partial charge in [-0.25, -0.2) is 9.67 Å². The van der Waals surface area contributed by atoms with Crippen LogP contribution in [0.2, 0.25) is 5.02 Å². The number of anilines is 1. The van der Waals surface area contributed by atoms with E-state index in [1.165, 1.54) is 0 Å². The average Bonchev–Trinajstić information content (AvgIpc) is 3.17. The van der Waals surface area contributed by atoms with Crippen molar-refractivity contribution in [1.29, 1.82) is 0 Å². The molecule has 3 aromatic carbocycles. The lowest BCUT2D eigenvalue weighted by Gasteiger charge is -2.11. The van der Waals surface area contributed by atoms with Crippen LogP contribution in [0.5, 0.6) is 0 Å². The Morgan fingerprint density at radius 1 is 0.967 bits per heavy atom. The zero-order valence-corrected chi connectivity index (χ0v) is 17.7. The summed E-state index contributed by atoms with van der Waals surface area (Å²) in [4.78, 5) is 17.5. The van der Waals surface area contributed by atoms with Crippen LogP contribution in [0.1, 0.15) is 27.3 Å². The van der Waals surface area contributed by atoms with E-state index in [4.69, 9.17) is 11.6 Å². The van der Waals surface area contributed by atoms with E-state index in [2.05, 4.69) is 15.4 Å². The Morgan fingerprint density at radius 2 is 1.73 bits per heavy atom. The van der Waals surface area contributed by atoms with E-state index in [9.17, 15) is 4.79 Å². The molecule has 0 aliphatic rings. The van der Waals surface area contributed by atoms with E-state index in [1.807, 2.05) is 69.3 Å². The maximum atomic E-state index is 12.9. The predicted octanol–water partition coefficient (Wildman–Crippen LogP) is 5.77. The molecule has 0 aliphatic carbocycles. The van der Waals surface area contributed by atoms with E-state index in [-0.39, 0.29) is 5.82 Å². The maximum absolute atomic E-state index is 12.9. The molecule has 0 aliphatic heterocycles. The van der Waals surface area contributed by atoms with Gasteiger partial charge in [0, 0.05) is 5.56 Å². The van der Waals surface area contributed by atoms with Crippen LogP contribution < -0.4 is 5.32 Å². The lowest BCUT2D eigenvalue weighted by Crippen LogP contribution is -2.14. The highest BCUT2D eigenvalue weighted by Gasteiger charge is 2.20. The number of benzene rings is 3. The topological polar surface area (TPSA) is 59.8 Å². The Morgan fingerprint density at radius 3 is 2.50 bits per heavy atom. The van der Waals surface area contributed by atoms with Gasteiger partial charge < -0.3 is 5.32 Å². The Labute approximate surface area is 180 Å². The van der Waals surface area contributed by atoms with Crippen molar-refractivity contribution in [2.24, 2.45) is 0 Å². The summed E-state index contributed by atoms with van der Waals surface area (Å²) in [7, 11) is 0. The van der Waals surface area contributed by atoms with Crippen molar-refractivity contribution in [3.05, 3.63) is 94.3 Å². The van der Waals surface area contributed by atoms with Crippen LogP contribution in [0.4, 0.5) is 5.69 Å². The summed E-state index contributed by atoms with van der Waals surface area (Å²) in [6.07, 6.45) is 0. The number of hydrogen-bond acceptors (Lipinski definition) is 3. The van der Waals surface area contributed by atoms with E-state index in [0.29, 0.717) is 16.5 Å². The minimum Gasteiger partial charge on any atom is -0.318 e. The minimum atomic E-state index is -0.416. The number of carbonyl (C=O) groups is 1. The van der Waals surface area contributed by atoms with Crippen molar-refractivity contribution in [3.8, 4) is 17.1 Å². The quantitative estimate of drug-likeness (QED) is 0.459. The fourth-order valence-corrected chi connectivity index (χ4v) is 3.44. The molecule has 6 heteroatoms. The summed E-state index contributed by atoms with van der Waals surface area (Å²) in [5.74, 6) is 0.269. The molecule has 1 N–H and O–H groups in total. The number of nitrogens with zero attached hydrogens (tertiary/aromatic N) is 3. The summed E-state index contributed by atoms with van der Waals surface area (Å²) in [6.45, 7) is 6.11. The van der Waals surface area contributed by atoms with E-state index in [1.54, 1.807) is 22.9 Å². The third-order valence-electron chi connectivity index (χ3n) is 5.01. The Kier molecular flexibility index (Phi) is 5.38. The summed E-state index contributed by atoms with van der Waals surface area (Å²) in [5, 5.41) is 7.82. The molecule has 30 heavy (non-hydrogen) atoms. The second-order valence-electron chi connectivity index (χ2n) is 7.19. The SMILES string of the molecule is Cc1cccc(-c2nc(C(=O)Nc3ccccc3Cl)nn2-c2cccc(C)c2C)c1. The van der Waals surface area contributed by atoms with Crippen molar-refractivity contribution < 1.29 is 4.79 Å². The summed E-state index contributed by atoms with van der Waals surface area (Å²) < 4.78 is 1.73. The van der Waals surface area contributed by atoms with Crippen LogP contribution in [-0.2, 0) is 0 Å². The van der Waals surface area contributed by atoms with Crippen LogP contribution in [0.25, 0.3) is 17.1 Å². The van der Waals surface area contributed by atoms with Crippen molar-refractivity contribution in [2.75, 3.05) is 5.32 Å². The molecule has 1 amide bonds. The fraction of sp³-hybridized carbons (Fsp3) is 0.125. The van der Waals surface area contributed by atoms with Gasteiger partial charge in [0.15, 0.2) is 5.82 Å². The van der Waals surface area contributed by atoms with Gasteiger partial charge >= 0.3 is 0 Å². The van der Waals surface area contributed by atoms with Crippen molar-refractivity contribution >= 4 is 23.2 Å². The van der Waals surface area contributed by atoms with E-state index < -0.39 is 5.91 Å².